The lowest BCUT2D eigenvalue weighted by Crippen LogP contribution is -2.49. The summed E-state index contributed by atoms with van der Waals surface area (Å²) < 4.78 is 13.1. The molecule has 0 atom stereocenters. The van der Waals surface area contributed by atoms with E-state index < -0.39 is 0 Å². The zero-order valence-corrected chi connectivity index (χ0v) is 15.7. The van der Waals surface area contributed by atoms with E-state index in [0.29, 0.717) is 52.1 Å². The number of piperidine rings is 1. The van der Waals surface area contributed by atoms with Crippen LogP contribution in [-0.4, -0.2) is 60.9 Å². The highest BCUT2D eigenvalue weighted by Gasteiger charge is 2.26. The molecule has 2 aliphatic heterocycles. The number of hydrogen-bond acceptors (Lipinski definition) is 5. The second-order valence-corrected chi connectivity index (χ2v) is 7.12. The number of likely N-dealkylation sites (tertiary alicyclic amines) is 1. The smallest absolute Gasteiger partial charge is 0.266 e. The molecule has 28 heavy (non-hydrogen) atoms. The number of carbonyl (C=O) groups is 2. The van der Waals surface area contributed by atoms with Crippen LogP contribution < -0.4 is 10.6 Å². The van der Waals surface area contributed by atoms with Crippen molar-refractivity contribution in [1.82, 2.24) is 9.80 Å². The summed E-state index contributed by atoms with van der Waals surface area (Å²) in [6.45, 7) is 3.45. The number of amides is 2. The maximum atomic E-state index is 13.1. The van der Waals surface area contributed by atoms with E-state index >= 15 is 0 Å². The number of carbonyl (C=O) groups excluding carboxylic acids is 2. The van der Waals surface area contributed by atoms with Crippen LogP contribution in [0.3, 0.4) is 0 Å². The average Bonchev–Trinajstić information content (AvgIpc) is 2.72. The average molecular weight is 385 g/mol. The Morgan fingerprint density at radius 1 is 1.07 bits per heavy atom. The number of primary amides is 1. The van der Waals surface area contributed by atoms with Crippen molar-refractivity contribution in [2.75, 3.05) is 44.2 Å². The molecule has 2 aliphatic rings. The van der Waals surface area contributed by atoms with Gasteiger partial charge in [-0.3, -0.25) is 9.59 Å². The minimum Gasteiger partial charge on any atom is -0.376 e. The minimum atomic E-state index is -0.292. The second kappa shape index (κ2) is 8.74. The van der Waals surface area contributed by atoms with Gasteiger partial charge in [-0.1, -0.05) is 0 Å². The number of rotatable bonds is 4. The summed E-state index contributed by atoms with van der Waals surface area (Å²) >= 11 is 0. The summed E-state index contributed by atoms with van der Waals surface area (Å²) in [5, 5.41) is 9.44. The summed E-state index contributed by atoms with van der Waals surface area (Å²) in [4.78, 5) is 29.7. The number of nitrogens with two attached hydrogens (primary N) is 1. The first kappa shape index (κ1) is 19.7. The van der Waals surface area contributed by atoms with Crippen molar-refractivity contribution in [3.8, 4) is 6.07 Å². The van der Waals surface area contributed by atoms with Crippen LogP contribution in [0.4, 0.5) is 10.1 Å². The quantitative estimate of drug-likeness (QED) is 0.618. The van der Waals surface area contributed by atoms with E-state index in [-0.39, 0.29) is 29.1 Å². The Labute approximate surface area is 163 Å². The fourth-order valence-electron chi connectivity index (χ4n) is 3.62. The van der Waals surface area contributed by atoms with Crippen molar-refractivity contribution >= 4 is 17.5 Å². The summed E-state index contributed by atoms with van der Waals surface area (Å²) in [5.41, 5.74) is 6.36. The van der Waals surface area contributed by atoms with Gasteiger partial charge in [0.05, 0.1) is 0 Å². The Kier molecular flexibility index (Phi) is 6.14. The lowest BCUT2D eigenvalue weighted by atomic mass is 9.96. The third kappa shape index (κ3) is 4.60. The van der Waals surface area contributed by atoms with Gasteiger partial charge in [0, 0.05) is 57.1 Å². The minimum absolute atomic E-state index is 0.104. The van der Waals surface area contributed by atoms with Crippen LogP contribution in [0.25, 0.3) is 0 Å². The molecule has 2 saturated heterocycles. The zero-order valence-electron chi connectivity index (χ0n) is 15.7. The van der Waals surface area contributed by atoms with Crippen molar-refractivity contribution in [3.05, 3.63) is 41.9 Å². The monoisotopic (exact) mass is 385 g/mol. The molecule has 2 N–H and O–H groups in total. The first-order valence-corrected chi connectivity index (χ1v) is 9.43. The lowest BCUT2D eigenvalue weighted by Gasteiger charge is -2.36. The van der Waals surface area contributed by atoms with E-state index in [2.05, 4.69) is 4.90 Å². The van der Waals surface area contributed by atoms with Crippen LogP contribution in [0.1, 0.15) is 12.8 Å². The Bertz CT molecular complexity index is 786. The molecule has 0 unspecified atom stereocenters. The predicted octanol–water partition coefficient (Wildman–Crippen LogP) is 1.08. The summed E-state index contributed by atoms with van der Waals surface area (Å²) in [6, 6.07) is 8.30. The van der Waals surface area contributed by atoms with Gasteiger partial charge in [0.1, 0.15) is 17.5 Å². The number of hydrogen-bond donors (Lipinski definition) is 1. The molecule has 0 radical (unpaired) electrons. The molecule has 0 saturated carbocycles. The molecule has 0 aromatic heterocycles. The third-order valence-electron chi connectivity index (χ3n) is 5.35. The van der Waals surface area contributed by atoms with Gasteiger partial charge in [-0.05, 0) is 37.1 Å². The number of nitrogens with zero attached hydrogens (tertiary/aromatic N) is 4. The number of anilines is 1. The van der Waals surface area contributed by atoms with Crippen LogP contribution >= 0.6 is 0 Å². The number of piperazine rings is 1. The van der Waals surface area contributed by atoms with Crippen LogP contribution in [-0.2, 0) is 9.59 Å². The molecule has 1 aromatic rings. The van der Waals surface area contributed by atoms with Gasteiger partial charge in [-0.25, -0.2) is 4.39 Å². The molecule has 0 bridgehead atoms. The molecule has 1 aromatic carbocycles. The highest BCUT2D eigenvalue weighted by Crippen LogP contribution is 2.20. The highest BCUT2D eigenvalue weighted by molar-refractivity contribution is 5.97. The maximum absolute atomic E-state index is 13.1. The first-order chi connectivity index (χ1) is 13.5. The highest BCUT2D eigenvalue weighted by atomic mass is 19.1. The molecule has 0 spiro atoms. The lowest BCUT2D eigenvalue weighted by molar-refractivity contribution is -0.127. The normalized spacial score (nSPS) is 18.7. The molecule has 2 amide bonds. The van der Waals surface area contributed by atoms with Gasteiger partial charge in [0.15, 0.2) is 0 Å². The molecular formula is C20H24FN5O2. The zero-order chi connectivity index (χ0) is 20.1. The molecule has 2 heterocycles. The Morgan fingerprint density at radius 2 is 1.68 bits per heavy atom. The van der Waals surface area contributed by atoms with Gasteiger partial charge in [-0.15, -0.1) is 0 Å². The molecule has 0 aliphatic carbocycles. The summed E-state index contributed by atoms with van der Waals surface area (Å²) in [6.07, 6.45) is 2.87. The molecular weight excluding hydrogens is 361 g/mol. The first-order valence-electron chi connectivity index (χ1n) is 9.43. The van der Waals surface area contributed by atoms with Crippen LogP contribution in [0.15, 0.2) is 36.0 Å². The van der Waals surface area contributed by atoms with E-state index in [1.165, 1.54) is 12.1 Å². The van der Waals surface area contributed by atoms with E-state index in [0.717, 1.165) is 5.69 Å². The van der Waals surface area contributed by atoms with E-state index in [1.807, 2.05) is 11.0 Å². The fraction of sp³-hybridized carbons (Fsp3) is 0.450. The van der Waals surface area contributed by atoms with Crippen molar-refractivity contribution in [2.45, 2.75) is 12.8 Å². The maximum Gasteiger partial charge on any atom is 0.266 e. The largest absolute Gasteiger partial charge is 0.376 e. The Hall–Kier alpha value is -3.08. The topological polar surface area (TPSA) is 93.7 Å². The van der Waals surface area contributed by atoms with Crippen molar-refractivity contribution in [1.29, 1.82) is 5.26 Å². The van der Waals surface area contributed by atoms with E-state index in [1.54, 1.807) is 23.2 Å². The molecule has 7 nitrogen and oxygen atoms in total. The second-order valence-electron chi connectivity index (χ2n) is 7.12. The van der Waals surface area contributed by atoms with Gasteiger partial charge >= 0.3 is 0 Å². The van der Waals surface area contributed by atoms with Crippen LogP contribution in [0.2, 0.25) is 0 Å². The molecule has 3 rings (SSSR count). The number of nitriles is 1. The van der Waals surface area contributed by atoms with Gasteiger partial charge in [-0.2, -0.15) is 5.26 Å². The summed E-state index contributed by atoms with van der Waals surface area (Å²) in [5.74, 6) is -0.982. The Balaban J connectivity index is 1.56. The molecule has 2 fully saturated rings. The van der Waals surface area contributed by atoms with Crippen molar-refractivity contribution in [3.63, 3.8) is 0 Å². The van der Waals surface area contributed by atoms with E-state index in [4.69, 9.17) is 5.73 Å². The van der Waals surface area contributed by atoms with Gasteiger partial charge < -0.3 is 20.4 Å². The van der Waals surface area contributed by atoms with Gasteiger partial charge in [0.2, 0.25) is 5.91 Å². The fourth-order valence-corrected chi connectivity index (χ4v) is 3.62. The van der Waals surface area contributed by atoms with E-state index in [9.17, 15) is 19.2 Å². The van der Waals surface area contributed by atoms with Crippen LogP contribution in [0, 0.1) is 23.1 Å². The molecule has 148 valence electrons. The Morgan fingerprint density at radius 3 is 2.21 bits per heavy atom. The summed E-state index contributed by atoms with van der Waals surface area (Å²) in [7, 11) is 0. The van der Waals surface area contributed by atoms with Gasteiger partial charge in [0.25, 0.3) is 5.91 Å². The van der Waals surface area contributed by atoms with Crippen LogP contribution in [0.5, 0.6) is 0 Å². The van der Waals surface area contributed by atoms with Crippen molar-refractivity contribution < 1.29 is 14.0 Å². The molecule has 8 heteroatoms. The SMILES string of the molecule is N#C/C(=C/N1CCC(C(N)=O)CC1)C(=O)N1CCN(c2ccc(F)cc2)CC1. The number of halogens is 1. The third-order valence-corrected chi connectivity index (χ3v) is 5.35. The predicted molar refractivity (Wildman–Crippen MR) is 102 cm³/mol. The standard InChI is InChI=1S/C20H24FN5O2/c21-17-1-3-18(4-2-17)25-9-11-26(12-10-25)20(28)16(13-22)14-24-7-5-15(6-8-24)19(23)27/h1-4,14-15H,5-12H2,(H2,23,27)/b16-14-. The number of benzene rings is 1. The van der Waals surface area contributed by atoms with Crippen molar-refractivity contribution in [2.24, 2.45) is 11.7 Å².